The van der Waals surface area contributed by atoms with E-state index in [2.05, 4.69) is 33.4 Å². The second-order valence-electron chi connectivity index (χ2n) is 6.66. The maximum absolute atomic E-state index is 11.9. The van der Waals surface area contributed by atoms with Gasteiger partial charge in [-0.05, 0) is 51.9 Å². The second kappa shape index (κ2) is 14.1. The van der Waals surface area contributed by atoms with E-state index in [0.717, 1.165) is 38.5 Å². The van der Waals surface area contributed by atoms with Crippen molar-refractivity contribution in [3.63, 3.8) is 0 Å². The lowest BCUT2D eigenvalue weighted by Crippen LogP contribution is -2.05. The summed E-state index contributed by atoms with van der Waals surface area (Å²) in [6, 6.07) is 0. The van der Waals surface area contributed by atoms with Crippen LogP contribution in [0.3, 0.4) is 0 Å². The predicted molar refractivity (Wildman–Crippen MR) is 94.6 cm³/mol. The first-order chi connectivity index (χ1) is 10.1. The van der Waals surface area contributed by atoms with Crippen molar-refractivity contribution in [2.45, 2.75) is 91.4 Å². The van der Waals surface area contributed by atoms with Crippen molar-refractivity contribution in [2.75, 3.05) is 0 Å². The summed E-state index contributed by atoms with van der Waals surface area (Å²) >= 11 is 0. The minimum atomic E-state index is 0.464. The van der Waals surface area contributed by atoms with Gasteiger partial charge in [0.2, 0.25) is 0 Å². The first-order valence-electron chi connectivity index (χ1n) is 8.82. The molecule has 0 amide bonds. The number of hydrogen-bond donors (Lipinski definition) is 0. The third kappa shape index (κ3) is 15.4. The lowest BCUT2D eigenvalue weighted by Gasteiger charge is -2.09. The standard InChI is InChI=1S/C20H36O/c1-5-6-7-8-9-10-11-12-16-20(21)17-19(4)15-13-14-18(2)3/h5,14,19H,1,6-13,15-17H2,2-4H3/t19-/m1/s1. The van der Waals surface area contributed by atoms with E-state index in [1.807, 2.05) is 6.08 Å². The highest BCUT2D eigenvalue weighted by molar-refractivity contribution is 5.78. The van der Waals surface area contributed by atoms with Gasteiger partial charge in [0.15, 0.2) is 0 Å². The fraction of sp³-hybridized carbons (Fsp3) is 0.750. The Balaban J connectivity index is 3.44. The molecule has 0 rings (SSSR count). The molecule has 0 aromatic carbocycles. The van der Waals surface area contributed by atoms with Crippen LogP contribution in [0.4, 0.5) is 0 Å². The average Bonchev–Trinajstić information content (AvgIpc) is 2.41. The van der Waals surface area contributed by atoms with Crippen LogP contribution in [0.25, 0.3) is 0 Å². The summed E-state index contributed by atoms with van der Waals surface area (Å²) in [6.45, 7) is 10.2. The molecule has 0 spiro atoms. The molecule has 0 saturated heterocycles. The van der Waals surface area contributed by atoms with Crippen molar-refractivity contribution in [3.05, 3.63) is 24.3 Å². The lowest BCUT2D eigenvalue weighted by atomic mass is 9.96. The number of unbranched alkanes of at least 4 members (excludes halogenated alkanes) is 6. The third-order valence-corrected chi connectivity index (χ3v) is 3.90. The number of ketones is 1. The molecule has 0 aliphatic heterocycles. The van der Waals surface area contributed by atoms with Gasteiger partial charge in [-0.3, -0.25) is 4.79 Å². The molecule has 0 bridgehead atoms. The van der Waals surface area contributed by atoms with E-state index in [9.17, 15) is 4.79 Å². The Morgan fingerprint density at radius 1 is 1.00 bits per heavy atom. The topological polar surface area (TPSA) is 17.1 Å². The molecule has 0 aliphatic rings. The molecule has 0 aromatic heterocycles. The molecular formula is C20H36O. The Morgan fingerprint density at radius 2 is 1.62 bits per heavy atom. The first kappa shape index (κ1) is 20.1. The third-order valence-electron chi connectivity index (χ3n) is 3.90. The van der Waals surface area contributed by atoms with Crippen molar-refractivity contribution < 1.29 is 4.79 Å². The van der Waals surface area contributed by atoms with Crippen molar-refractivity contribution in [2.24, 2.45) is 5.92 Å². The van der Waals surface area contributed by atoms with Gasteiger partial charge in [0, 0.05) is 12.8 Å². The van der Waals surface area contributed by atoms with Crippen LogP contribution in [0.15, 0.2) is 24.3 Å². The Kier molecular flexibility index (Phi) is 13.5. The minimum Gasteiger partial charge on any atom is -0.300 e. The van der Waals surface area contributed by atoms with Gasteiger partial charge in [0.1, 0.15) is 5.78 Å². The SMILES string of the molecule is C=CCCCCCCCCC(=O)C[C@H](C)CCC=C(C)C. The summed E-state index contributed by atoms with van der Waals surface area (Å²) < 4.78 is 0. The van der Waals surface area contributed by atoms with E-state index in [1.165, 1.54) is 37.7 Å². The molecule has 122 valence electrons. The summed E-state index contributed by atoms with van der Waals surface area (Å²) in [4.78, 5) is 11.9. The van der Waals surface area contributed by atoms with Crippen LogP contribution in [0.5, 0.6) is 0 Å². The molecule has 0 heterocycles. The Bertz CT molecular complexity index is 297. The number of hydrogen-bond acceptors (Lipinski definition) is 1. The van der Waals surface area contributed by atoms with Gasteiger partial charge >= 0.3 is 0 Å². The fourth-order valence-electron chi connectivity index (χ4n) is 2.57. The molecule has 0 N–H and O–H groups in total. The number of rotatable bonds is 14. The van der Waals surface area contributed by atoms with Gasteiger partial charge in [-0.15, -0.1) is 6.58 Å². The zero-order chi connectivity index (χ0) is 15.9. The van der Waals surface area contributed by atoms with E-state index in [0.29, 0.717) is 11.7 Å². The highest BCUT2D eigenvalue weighted by Gasteiger charge is 2.08. The highest BCUT2D eigenvalue weighted by atomic mass is 16.1. The summed E-state index contributed by atoms with van der Waals surface area (Å²) in [7, 11) is 0. The maximum Gasteiger partial charge on any atom is 0.133 e. The van der Waals surface area contributed by atoms with Crippen molar-refractivity contribution in [3.8, 4) is 0 Å². The summed E-state index contributed by atoms with van der Waals surface area (Å²) in [5, 5.41) is 0. The number of carbonyl (C=O) groups is 1. The molecule has 1 atom stereocenters. The molecule has 0 aliphatic carbocycles. The van der Waals surface area contributed by atoms with Crippen molar-refractivity contribution in [1.29, 1.82) is 0 Å². The quantitative estimate of drug-likeness (QED) is 0.259. The fourth-order valence-corrected chi connectivity index (χ4v) is 2.57. The van der Waals surface area contributed by atoms with Crippen molar-refractivity contribution >= 4 is 5.78 Å². The van der Waals surface area contributed by atoms with Gasteiger partial charge in [0.25, 0.3) is 0 Å². The maximum atomic E-state index is 11.9. The van der Waals surface area contributed by atoms with E-state index < -0.39 is 0 Å². The molecule has 0 unspecified atom stereocenters. The molecule has 21 heavy (non-hydrogen) atoms. The van der Waals surface area contributed by atoms with Crippen LogP contribution in [-0.2, 0) is 4.79 Å². The van der Waals surface area contributed by atoms with Crippen LogP contribution < -0.4 is 0 Å². The van der Waals surface area contributed by atoms with Crippen LogP contribution in [-0.4, -0.2) is 5.78 Å². The van der Waals surface area contributed by atoms with Crippen molar-refractivity contribution in [1.82, 2.24) is 0 Å². The van der Waals surface area contributed by atoms with Gasteiger partial charge < -0.3 is 0 Å². The van der Waals surface area contributed by atoms with E-state index in [4.69, 9.17) is 0 Å². The molecular weight excluding hydrogens is 256 g/mol. The summed E-state index contributed by atoms with van der Waals surface area (Å²) in [6.07, 6.45) is 16.7. The van der Waals surface area contributed by atoms with Gasteiger partial charge in [-0.2, -0.15) is 0 Å². The van der Waals surface area contributed by atoms with Gasteiger partial charge in [-0.25, -0.2) is 0 Å². The highest BCUT2D eigenvalue weighted by Crippen LogP contribution is 2.15. The average molecular weight is 293 g/mol. The molecule has 0 radical (unpaired) electrons. The van der Waals surface area contributed by atoms with Gasteiger partial charge in [-0.1, -0.05) is 50.3 Å². The number of allylic oxidation sites excluding steroid dienone is 3. The Labute approximate surface area is 132 Å². The van der Waals surface area contributed by atoms with Crippen LogP contribution in [0, 0.1) is 5.92 Å². The Hall–Kier alpha value is -0.850. The second-order valence-corrected chi connectivity index (χ2v) is 6.66. The molecule has 0 saturated carbocycles. The monoisotopic (exact) mass is 292 g/mol. The normalized spacial score (nSPS) is 12.0. The number of carbonyl (C=O) groups excluding carboxylic acids is 1. The largest absolute Gasteiger partial charge is 0.300 e. The molecule has 1 nitrogen and oxygen atoms in total. The number of Topliss-reactive ketones (excluding diaryl/α,β-unsaturated/α-hetero) is 1. The molecule has 0 aromatic rings. The van der Waals surface area contributed by atoms with E-state index >= 15 is 0 Å². The predicted octanol–water partition coefficient (Wildman–Crippen LogP) is 6.63. The minimum absolute atomic E-state index is 0.464. The Morgan fingerprint density at radius 3 is 2.24 bits per heavy atom. The van der Waals surface area contributed by atoms with E-state index in [-0.39, 0.29) is 0 Å². The van der Waals surface area contributed by atoms with Gasteiger partial charge in [0.05, 0.1) is 0 Å². The zero-order valence-corrected chi connectivity index (χ0v) is 14.6. The lowest BCUT2D eigenvalue weighted by molar-refractivity contribution is -0.120. The van der Waals surface area contributed by atoms with Crippen LogP contribution in [0.1, 0.15) is 91.4 Å². The smallest absolute Gasteiger partial charge is 0.133 e. The first-order valence-corrected chi connectivity index (χ1v) is 8.82. The van der Waals surface area contributed by atoms with Crippen LogP contribution in [0.2, 0.25) is 0 Å². The molecule has 1 heteroatoms. The van der Waals surface area contributed by atoms with Crippen LogP contribution >= 0.6 is 0 Å². The van der Waals surface area contributed by atoms with E-state index in [1.54, 1.807) is 0 Å². The summed E-state index contributed by atoms with van der Waals surface area (Å²) in [5.74, 6) is 0.998. The molecule has 0 fully saturated rings. The zero-order valence-electron chi connectivity index (χ0n) is 14.6. The summed E-state index contributed by atoms with van der Waals surface area (Å²) in [5.41, 5.74) is 1.38.